The Kier molecular flexibility index (Phi) is 5.53. The van der Waals surface area contributed by atoms with Gasteiger partial charge in [0.05, 0.1) is 12.1 Å². The Morgan fingerprint density at radius 3 is 2.47 bits per heavy atom. The lowest BCUT2D eigenvalue weighted by molar-refractivity contribution is 0.162. The van der Waals surface area contributed by atoms with Crippen LogP contribution in [0.4, 0.5) is 4.39 Å². The summed E-state index contributed by atoms with van der Waals surface area (Å²) in [4.78, 5) is 0. The predicted octanol–water partition coefficient (Wildman–Crippen LogP) is 2.59. The number of nitrogens with two attached hydrogens (primary N) is 1. The molecule has 15 heavy (non-hydrogen) atoms. The van der Waals surface area contributed by atoms with Gasteiger partial charge in [0.15, 0.2) is 0 Å². The van der Waals surface area contributed by atoms with Crippen molar-refractivity contribution in [3.05, 3.63) is 34.1 Å². The summed E-state index contributed by atoms with van der Waals surface area (Å²) in [5.74, 6) is -0.439. The molecule has 0 bridgehead atoms. The summed E-state index contributed by atoms with van der Waals surface area (Å²) in [6.45, 7) is 3.13. The van der Waals surface area contributed by atoms with Gasteiger partial charge in [-0.2, -0.15) is 0 Å². The van der Waals surface area contributed by atoms with Crippen LogP contribution in [0.3, 0.4) is 0 Å². The minimum atomic E-state index is -0.830. The predicted molar refractivity (Wildman–Crippen MR) is 62.0 cm³/mol. The number of hydrogen-bond acceptors (Lipinski definition) is 2. The third-order valence-corrected chi connectivity index (χ3v) is 2.50. The molecular formula is C10H14Cl2FNO. The van der Waals surface area contributed by atoms with Crippen molar-refractivity contribution in [3.63, 3.8) is 0 Å². The van der Waals surface area contributed by atoms with Crippen LogP contribution in [0.5, 0.6) is 0 Å². The molecule has 0 aliphatic rings. The highest BCUT2D eigenvalue weighted by molar-refractivity contribution is 6.31. The Bertz CT molecular complexity index is 344. The van der Waals surface area contributed by atoms with Crippen molar-refractivity contribution in [1.29, 1.82) is 0 Å². The van der Waals surface area contributed by atoms with Gasteiger partial charge >= 0.3 is 0 Å². The zero-order valence-electron chi connectivity index (χ0n) is 8.50. The molecule has 2 atom stereocenters. The average Bonchev–Trinajstić information content (AvgIpc) is 2.12. The quantitative estimate of drug-likeness (QED) is 0.852. The molecule has 3 N–H and O–H groups in total. The second-order valence-electron chi connectivity index (χ2n) is 3.36. The Hall–Kier alpha value is -0.350. The molecule has 0 aliphatic heterocycles. The smallest absolute Gasteiger partial charge is 0.132 e. The highest BCUT2D eigenvalue weighted by Gasteiger charge is 2.20. The van der Waals surface area contributed by atoms with Crippen LogP contribution < -0.4 is 5.73 Å². The zero-order chi connectivity index (χ0) is 10.9. The van der Waals surface area contributed by atoms with Crippen molar-refractivity contribution in [3.8, 4) is 0 Å². The molecule has 1 rings (SSSR count). The van der Waals surface area contributed by atoms with E-state index >= 15 is 0 Å². The van der Waals surface area contributed by atoms with Crippen molar-refractivity contribution in [2.24, 2.45) is 5.73 Å². The lowest BCUT2D eigenvalue weighted by atomic mass is 10.0. The molecule has 0 aromatic heterocycles. The molecule has 0 unspecified atom stereocenters. The van der Waals surface area contributed by atoms with E-state index in [0.29, 0.717) is 5.56 Å². The first kappa shape index (κ1) is 14.6. The molecule has 0 fully saturated rings. The third kappa shape index (κ3) is 3.05. The molecule has 0 amide bonds. The monoisotopic (exact) mass is 253 g/mol. The van der Waals surface area contributed by atoms with Crippen LogP contribution >= 0.6 is 24.0 Å². The largest absolute Gasteiger partial charge is 0.391 e. The fraction of sp³-hybridized carbons (Fsp3) is 0.400. The number of aliphatic hydroxyl groups is 1. The molecule has 0 aliphatic carbocycles. The molecule has 0 saturated heterocycles. The van der Waals surface area contributed by atoms with Crippen LogP contribution in [0, 0.1) is 12.7 Å². The number of halogens is 3. The van der Waals surface area contributed by atoms with Crippen molar-refractivity contribution in [2.45, 2.75) is 26.0 Å². The fourth-order valence-electron chi connectivity index (χ4n) is 1.23. The van der Waals surface area contributed by atoms with Gasteiger partial charge in [-0.15, -0.1) is 12.4 Å². The van der Waals surface area contributed by atoms with E-state index in [2.05, 4.69) is 0 Å². The lowest BCUT2D eigenvalue weighted by Crippen LogP contribution is -2.25. The Morgan fingerprint density at radius 1 is 1.47 bits per heavy atom. The van der Waals surface area contributed by atoms with Crippen LogP contribution in [0.25, 0.3) is 0 Å². The van der Waals surface area contributed by atoms with Gasteiger partial charge in [0.1, 0.15) is 5.82 Å². The van der Waals surface area contributed by atoms with Crippen molar-refractivity contribution in [1.82, 2.24) is 0 Å². The molecular weight excluding hydrogens is 240 g/mol. The molecule has 2 nitrogen and oxygen atoms in total. The van der Waals surface area contributed by atoms with Crippen LogP contribution in [0.2, 0.25) is 5.02 Å². The molecule has 5 heteroatoms. The van der Waals surface area contributed by atoms with E-state index < -0.39 is 18.0 Å². The highest BCUT2D eigenvalue weighted by atomic mass is 35.5. The summed E-state index contributed by atoms with van der Waals surface area (Å²) in [7, 11) is 0. The summed E-state index contributed by atoms with van der Waals surface area (Å²) in [5, 5.41) is 9.52. The number of benzene rings is 1. The fourth-order valence-corrected chi connectivity index (χ4v) is 1.50. The van der Waals surface area contributed by atoms with E-state index in [-0.39, 0.29) is 23.0 Å². The van der Waals surface area contributed by atoms with Gasteiger partial charge in [0.2, 0.25) is 0 Å². The van der Waals surface area contributed by atoms with E-state index in [9.17, 15) is 9.50 Å². The Labute approximate surface area is 99.6 Å². The minimum absolute atomic E-state index is 0. The first-order chi connectivity index (χ1) is 6.45. The van der Waals surface area contributed by atoms with Crippen molar-refractivity contribution in [2.75, 3.05) is 0 Å². The number of aryl methyl sites for hydroxylation is 1. The highest BCUT2D eigenvalue weighted by Crippen LogP contribution is 2.28. The number of rotatable bonds is 2. The van der Waals surface area contributed by atoms with Gasteiger partial charge in [0.25, 0.3) is 0 Å². The molecule has 1 aromatic carbocycles. The standard InChI is InChI=1S/C10H13ClFNO.ClH/c1-5-3-4-7(11)8(9(5)12)10(13)6(2)14;/h3-4,6,10,14H,13H2,1-2H3;1H/t6-,10-;/m0./s1. The van der Waals surface area contributed by atoms with E-state index in [1.54, 1.807) is 19.1 Å². The van der Waals surface area contributed by atoms with Crippen LogP contribution in [-0.2, 0) is 0 Å². The summed E-state index contributed by atoms with van der Waals surface area (Å²) < 4.78 is 13.6. The maximum absolute atomic E-state index is 13.6. The van der Waals surface area contributed by atoms with Gasteiger partial charge in [-0.3, -0.25) is 0 Å². The lowest BCUT2D eigenvalue weighted by Gasteiger charge is -2.18. The van der Waals surface area contributed by atoms with Crippen LogP contribution in [0.15, 0.2) is 12.1 Å². The topological polar surface area (TPSA) is 46.2 Å². The zero-order valence-corrected chi connectivity index (χ0v) is 10.1. The van der Waals surface area contributed by atoms with Gasteiger partial charge in [-0.05, 0) is 25.5 Å². The average molecular weight is 254 g/mol. The molecule has 86 valence electrons. The number of aliphatic hydroxyl groups excluding tert-OH is 1. The molecule has 0 radical (unpaired) electrons. The van der Waals surface area contributed by atoms with Gasteiger partial charge in [-0.1, -0.05) is 17.7 Å². The summed E-state index contributed by atoms with van der Waals surface area (Å²) >= 11 is 5.81. The Morgan fingerprint density at radius 2 is 2.00 bits per heavy atom. The summed E-state index contributed by atoms with van der Waals surface area (Å²) in [5.41, 5.74) is 6.29. The maximum Gasteiger partial charge on any atom is 0.132 e. The molecule has 1 aromatic rings. The third-order valence-electron chi connectivity index (χ3n) is 2.17. The van der Waals surface area contributed by atoms with Crippen molar-refractivity contribution < 1.29 is 9.50 Å². The molecule has 0 saturated carbocycles. The summed E-state index contributed by atoms with van der Waals surface area (Å²) in [6.07, 6.45) is -0.830. The Balaban J connectivity index is 0.00000196. The van der Waals surface area contributed by atoms with E-state index in [4.69, 9.17) is 17.3 Å². The molecule has 0 heterocycles. The van der Waals surface area contributed by atoms with E-state index in [0.717, 1.165) is 0 Å². The SMILES string of the molecule is Cc1ccc(Cl)c([C@@H](N)[C@H](C)O)c1F.Cl. The van der Waals surface area contributed by atoms with Crippen LogP contribution in [-0.4, -0.2) is 11.2 Å². The van der Waals surface area contributed by atoms with Crippen LogP contribution in [0.1, 0.15) is 24.1 Å². The molecule has 0 spiro atoms. The van der Waals surface area contributed by atoms with Crippen molar-refractivity contribution >= 4 is 24.0 Å². The van der Waals surface area contributed by atoms with Gasteiger partial charge < -0.3 is 10.8 Å². The van der Waals surface area contributed by atoms with E-state index in [1.807, 2.05) is 0 Å². The maximum atomic E-state index is 13.6. The first-order valence-electron chi connectivity index (χ1n) is 4.33. The second-order valence-corrected chi connectivity index (χ2v) is 3.77. The van der Waals surface area contributed by atoms with Gasteiger partial charge in [0, 0.05) is 10.6 Å². The minimum Gasteiger partial charge on any atom is -0.391 e. The summed E-state index contributed by atoms with van der Waals surface area (Å²) in [6, 6.07) is 2.37. The normalized spacial score (nSPS) is 14.3. The number of hydrogen-bond donors (Lipinski definition) is 2. The van der Waals surface area contributed by atoms with E-state index in [1.165, 1.54) is 6.92 Å². The van der Waals surface area contributed by atoms with Gasteiger partial charge in [-0.25, -0.2) is 4.39 Å². The second kappa shape index (κ2) is 5.66. The first-order valence-corrected chi connectivity index (χ1v) is 4.71.